The number of nitrogens with two attached hydrogens (primary N) is 2. The van der Waals surface area contributed by atoms with Gasteiger partial charge in [0, 0.05) is 13.1 Å². The van der Waals surface area contributed by atoms with Gasteiger partial charge < -0.3 is 5.32 Å². The van der Waals surface area contributed by atoms with Gasteiger partial charge in [0.25, 0.3) is 0 Å². The summed E-state index contributed by atoms with van der Waals surface area (Å²) in [5, 5.41) is 14.1. The molecule has 0 saturated heterocycles. The molecule has 34 heavy (non-hydrogen) atoms. The fourth-order valence-corrected chi connectivity index (χ4v) is 5.43. The molecule has 170 valence electrons. The Kier molecular flexibility index (Phi) is 10.3. The second-order valence-corrected chi connectivity index (χ2v) is 10.7. The maximum absolute atomic E-state index is 12.3. The van der Waals surface area contributed by atoms with Crippen molar-refractivity contribution in [2.45, 2.75) is 29.3 Å². The molecule has 3 aromatic rings. The van der Waals surface area contributed by atoms with Crippen molar-refractivity contribution in [3.63, 3.8) is 0 Å². The zero-order valence-corrected chi connectivity index (χ0v) is 18.8. The van der Waals surface area contributed by atoms with E-state index >= 15 is 0 Å². The normalized spacial score (nSPS) is 13.2. The first-order chi connectivity index (χ1) is 15.1. The van der Waals surface area contributed by atoms with Crippen molar-refractivity contribution in [2.75, 3.05) is 0 Å². The van der Waals surface area contributed by atoms with Gasteiger partial charge in [0.05, 0.1) is 9.79 Å². The molecule has 0 fully saturated rings. The van der Waals surface area contributed by atoms with E-state index in [2.05, 4.69) is 11.4 Å². The minimum atomic E-state index is -4.01. The van der Waals surface area contributed by atoms with E-state index in [4.69, 9.17) is 10.3 Å². The number of rotatable bonds is 6. The van der Waals surface area contributed by atoms with Crippen LogP contribution in [0.4, 0.5) is 0 Å². The molecule has 3 aromatic carbocycles. The number of fused-ring (bicyclic) bond motifs is 1. The number of hydrogen-bond acceptors (Lipinski definition) is 5. The van der Waals surface area contributed by atoms with Gasteiger partial charge in [0.2, 0.25) is 20.0 Å². The number of benzene rings is 3. The number of nitrogens with one attached hydrogen (secondary N) is 1. The fourth-order valence-electron chi connectivity index (χ4n) is 3.92. The van der Waals surface area contributed by atoms with Crippen molar-refractivity contribution in [3.8, 4) is 0 Å². The summed E-state index contributed by atoms with van der Waals surface area (Å²) >= 11 is 0. The van der Waals surface area contributed by atoms with Gasteiger partial charge in [0.1, 0.15) is 0 Å². The number of hydrogen-bond donors (Lipinski definition) is 3. The molecular weight excluding hydrogens is 492 g/mol. The summed E-state index contributed by atoms with van der Waals surface area (Å²) in [5.74, 6) is 0. The van der Waals surface area contributed by atoms with Crippen LogP contribution >= 0.6 is 0 Å². The molecular formula is C23H25N3Na2O4S2. The van der Waals surface area contributed by atoms with Crippen LogP contribution in [0.25, 0.3) is 12.2 Å². The molecule has 1 heterocycles. The Morgan fingerprint density at radius 2 is 1.41 bits per heavy atom. The van der Waals surface area contributed by atoms with E-state index in [-0.39, 0.29) is 68.9 Å². The standard InChI is InChI=1S/C23H23N3O4S2.2Na.2H/c24-31(27,28)22-7-2-1-4-17(22)10-11-18-9-8-16(13-23(18)32(25,29)30)12-19-5-3-6-20-14-26-15-21(19)20;;;;/h1-11,13,26H,12,14-15H2,(H2,24,27,28)(H2,25,29,30);;;;. The molecule has 0 atom stereocenters. The molecule has 0 amide bonds. The summed E-state index contributed by atoms with van der Waals surface area (Å²) < 4.78 is 48.2. The van der Waals surface area contributed by atoms with Crippen LogP contribution < -0.4 is 15.6 Å². The first-order valence-electron chi connectivity index (χ1n) is 9.89. The van der Waals surface area contributed by atoms with Crippen LogP contribution in [0.5, 0.6) is 0 Å². The third-order valence-corrected chi connectivity index (χ3v) is 7.39. The Hall–Kier alpha value is -0.820. The van der Waals surface area contributed by atoms with E-state index in [0.29, 0.717) is 17.5 Å². The summed E-state index contributed by atoms with van der Waals surface area (Å²) in [6.07, 6.45) is 3.61. The summed E-state index contributed by atoms with van der Waals surface area (Å²) in [6.45, 7) is 1.62. The molecule has 0 aromatic heterocycles. The van der Waals surface area contributed by atoms with E-state index in [1.54, 1.807) is 30.3 Å². The van der Waals surface area contributed by atoms with Gasteiger partial charge in [-0.2, -0.15) is 0 Å². The molecule has 5 N–H and O–H groups in total. The second-order valence-electron chi connectivity index (χ2n) is 7.67. The Balaban J connectivity index is 0.00000204. The Morgan fingerprint density at radius 1 is 0.765 bits per heavy atom. The van der Waals surface area contributed by atoms with Gasteiger partial charge in [-0.05, 0) is 51.9 Å². The predicted molar refractivity (Wildman–Crippen MR) is 139 cm³/mol. The van der Waals surface area contributed by atoms with Crippen LogP contribution in [0.2, 0.25) is 0 Å². The quantitative estimate of drug-likeness (QED) is 0.332. The Labute approximate surface area is 244 Å². The van der Waals surface area contributed by atoms with Crippen molar-refractivity contribution >= 4 is 91.3 Å². The molecule has 0 bridgehead atoms. The second kappa shape index (κ2) is 11.9. The van der Waals surface area contributed by atoms with Gasteiger partial charge in [0.15, 0.2) is 0 Å². The van der Waals surface area contributed by atoms with Crippen LogP contribution in [0.3, 0.4) is 0 Å². The fraction of sp³-hybridized carbons (Fsp3) is 0.130. The van der Waals surface area contributed by atoms with Crippen molar-refractivity contribution < 1.29 is 16.8 Å². The first kappa shape index (κ1) is 29.4. The average Bonchev–Trinajstić information content (AvgIpc) is 3.21. The molecule has 0 aliphatic carbocycles. The Bertz CT molecular complexity index is 1440. The molecule has 11 heteroatoms. The molecule has 1 aliphatic heterocycles. The third kappa shape index (κ3) is 6.89. The van der Waals surface area contributed by atoms with Crippen LogP contribution in [0.15, 0.2) is 70.5 Å². The van der Waals surface area contributed by atoms with Gasteiger partial charge in [-0.3, -0.25) is 0 Å². The zero-order chi connectivity index (χ0) is 22.9. The maximum atomic E-state index is 12.3. The summed E-state index contributed by atoms with van der Waals surface area (Å²) in [4.78, 5) is -0.0680. The van der Waals surface area contributed by atoms with Gasteiger partial charge >= 0.3 is 59.1 Å². The van der Waals surface area contributed by atoms with Crippen molar-refractivity contribution in [2.24, 2.45) is 10.3 Å². The molecule has 7 nitrogen and oxygen atoms in total. The third-order valence-electron chi connectivity index (χ3n) is 5.43. The summed E-state index contributed by atoms with van der Waals surface area (Å²) in [7, 11) is -7.93. The van der Waals surface area contributed by atoms with E-state index in [1.165, 1.54) is 29.3 Å². The van der Waals surface area contributed by atoms with E-state index in [9.17, 15) is 16.8 Å². The van der Waals surface area contributed by atoms with Crippen LogP contribution in [0, 0.1) is 0 Å². The topological polar surface area (TPSA) is 132 Å². The minimum absolute atomic E-state index is 0. The zero-order valence-electron chi connectivity index (χ0n) is 17.2. The molecule has 1 aliphatic rings. The Morgan fingerprint density at radius 3 is 2.09 bits per heavy atom. The number of primary sulfonamides is 2. The van der Waals surface area contributed by atoms with Crippen LogP contribution in [-0.4, -0.2) is 76.0 Å². The molecule has 0 spiro atoms. The average molecular weight is 518 g/mol. The van der Waals surface area contributed by atoms with Crippen LogP contribution in [-0.2, 0) is 39.6 Å². The molecule has 4 rings (SSSR count). The van der Waals surface area contributed by atoms with Gasteiger partial charge in [-0.15, -0.1) is 0 Å². The molecule has 0 radical (unpaired) electrons. The van der Waals surface area contributed by atoms with Gasteiger partial charge in [-0.1, -0.05) is 60.7 Å². The van der Waals surface area contributed by atoms with Crippen molar-refractivity contribution in [1.82, 2.24) is 5.32 Å². The van der Waals surface area contributed by atoms with Gasteiger partial charge in [-0.25, -0.2) is 27.1 Å². The van der Waals surface area contributed by atoms with E-state index < -0.39 is 20.0 Å². The van der Waals surface area contributed by atoms with Crippen LogP contribution in [0.1, 0.15) is 33.4 Å². The molecule has 0 unspecified atom stereocenters. The SMILES string of the molecule is NS(=O)(=O)c1ccccc1C=Cc1ccc(Cc2cccc3c2CNC3)cc1S(N)(=O)=O.[NaH].[NaH]. The monoisotopic (exact) mass is 517 g/mol. The van der Waals surface area contributed by atoms with E-state index in [0.717, 1.165) is 24.2 Å². The van der Waals surface area contributed by atoms with Crippen molar-refractivity contribution in [1.29, 1.82) is 0 Å². The molecule has 0 saturated carbocycles. The summed E-state index contributed by atoms with van der Waals surface area (Å²) in [6, 6.07) is 17.4. The predicted octanol–water partition coefficient (Wildman–Crippen LogP) is 1.05. The summed E-state index contributed by atoms with van der Waals surface area (Å²) in [5.41, 5.74) is 5.16. The van der Waals surface area contributed by atoms with Crippen molar-refractivity contribution in [3.05, 3.63) is 94.0 Å². The first-order valence-corrected chi connectivity index (χ1v) is 13.0. The number of sulfonamides is 2. The van der Waals surface area contributed by atoms with E-state index in [1.807, 2.05) is 18.2 Å².